The van der Waals surface area contributed by atoms with Crippen LogP contribution in [0.25, 0.3) is 0 Å². The summed E-state index contributed by atoms with van der Waals surface area (Å²) in [6, 6.07) is 10.6. The van der Waals surface area contributed by atoms with E-state index >= 15 is 0 Å². The summed E-state index contributed by atoms with van der Waals surface area (Å²) in [5.41, 5.74) is 1.87. The summed E-state index contributed by atoms with van der Waals surface area (Å²) in [7, 11) is 0. The van der Waals surface area contributed by atoms with Gasteiger partial charge in [-0.1, -0.05) is 35.3 Å². The van der Waals surface area contributed by atoms with Crippen molar-refractivity contribution in [1.29, 1.82) is 0 Å². The van der Waals surface area contributed by atoms with Gasteiger partial charge in [-0.25, -0.2) is 0 Å². The molecule has 0 bridgehead atoms. The number of aromatic hydroxyl groups is 1. The van der Waals surface area contributed by atoms with Gasteiger partial charge >= 0.3 is 0 Å². The lowest BCUT2D eigenvalue weighted by Gasteiger charge is -2.09. The monoisotopic (exact) mass is 282 g/mol. The van der Waals surface area contributed by atoms with E-state index in [4.69, 9.17) is 27.9 Å². The maximum Gasteiger partial charge on any atom is 0.161 e. The molecule has 0 aromatic heterocycles. The third-order valence-corrected chi connectivity index (χ3v) is 3.23. The summed E-state index contributed by atoms with van der Waals surface area (Å²) in [5.74, 6) is 0.585. The van der Waals surface area contributed by atoms with Crippen molar-refractivity contribution in [3.63, 3.8) is 0 Å². The minimum absolute atomic E-state index is 0.134. The van der Waals surface area contributed by atoms with Gasteiger partial charge in [0.05, 0.1) is 10.0 Å². The van der Waals surface area contributed by atoms with Crippen molar-refractivity contribution < 1.29 is 9.84 Å². The van der Waals surface area contributed by atoms with Gasteiger partial charge in [0.15, 0.2) is 11.5 Å². The molecule has 0 aliphatic heterocycles. The van der Waals surface area contributed by atoms with E-state index in [1.54, 1.807) is 24.3 Å². The summed E-state index contributed by atoms with van der Waals surface area (Å²) in [6.07, 6.45) is 0. The van der Waals surface area contributed by atoms with Crippen LogP contribution in [0, 0.1) is 6.92 Å². The Morgan fingerprint density at radius 1 is 1.06 bits per heavy atom. The summed E-state index contributed by atoms with van der Waals surface area (Å²) in [4.78, 5) is 0. The van der Waals surface area contributed by atoms with Crippen molar-refractivity contribution in [2.24, 2.45) is 0 Å². The molecule has 0 amide bonds. The Morgan fingerprint density at radius 2 is 1.83 bits per heavy atom. The molecule has 94 valence electrons. The fraction of sp³-hybridized carbons (Fsp3) is 0.143. The van der Waals surface area contributed by atoms with Crippen LogP contribution in [0.15, 0.2) is 36.4 Å². The molecule has 1 N–H and O–H groups in total. The molecule has 0 aliphatic rings. The Kier molecular flexibility index (Phi) is 4.00. The number of benzene rings is 2. The molecule has 0 aliphatic carbocycles. The zero-order valence-electron chi connectivity index (χ0n) is 9.78. The summed E-state index contributed by atoms with van der Waals surface area (Å²) in [5, 5.41) is 10.7. The second-order valence-electron chi connectivity index (χ2n) is 4.01. The average molecular weight is 283 g/mol. The molecule has 0 fully saturated rings. The molecule has 18 heavy (non-hydrogen) atoms. The third kappa shape index (κ3) is 3.09. The maximum atomic E-state index is 9.70. The van der Waals surface area contributed by atoms with Crippen LogP contribution < -0.4 is 4.74 Å². The van der Waals surface area contributed by atoms with Gasteiger partial charge in [0.1, 0.15) is 6.61 Å². The molecule has 2 aromatic rings. The number of hydrogen-bond donors (Lipinski definition) is 1. The predicted molar refractivity (Wildman–Crippen MR) is 73.6 cm³/mol. The molecule has 0 spiro atoms. The van der Waals surface area contributed by atoms with E-state index < -0.39 is 0 Å². The number of ether oxygens (including phenoxy) is 1. The molecule has 0 radical (unpaired) electrons. The van der Waals surface area contributed by atoms with Crippen LogP contribution in [0.3, 0.4) is 0 Å². The van der Waals surface area contributed by atoms with E-state index in [0.717, 1.165) is 11.1 Å². The third-order valence-electron chi connectivity index (χ3n) is 2.49. The molecular weight excluding hydrogens is 271 g/mol. The van der Waals surface area contributed by atoms with E-state index in [1.807, 2.05) is 19.1 Å². The minimum atomic E-state index is 0.134. The molecule has 0 unspecified atom stereocenters. The van der Waals surface area contributed by atoms with Gasteiger partial charge in [0, 0.05) is 0 Å². The highest BCUT2D eigenvalue weighted by molar-refractivity contribution is 6.42. The molecule has 2 aromatic carbocycles. The van der Waals surface area contributed by atoms with E-state index in [-0.39, 0.29) is 5.75 Å². The van der Waals surface area contributed by atoms with Gasteiger partial charge < -0.3 is 9.84 Å². The molecule has 0 atom stereocenters. The highest BCUT2D eigenvalue weighted by atomic mass is 35.5. The topological polar surface area (TPSA) is 29.5 Å². The van der Waals surface area contributed by atoms with Crippen molar-refractivity contribution in [2.75, 3.05) is 0 Å². The standard InChI is InChI=1S/C14H12Cl2O2/c1-9-2-5-14(13(17)6-9)18-8-10-3-4-11(15)12(16)7-10/h2-7,17H,8H2,1H3. The Balaban J connectivity index is 2.09. The van der Waals surface area contributed by atoms with Crippen LogP contribution in [0.5, 0.6) is 11.5 Å². The number of phenolic OH excluding ortho intramolecular Hbond substituents is 1. The Bertz CT molecular complexity index is 568. The first-order valence-electron chi connectivity index (χ1n) is 5.42. The molecule has 4 heteroatoms. The summed E-state index contributed by atoms with van der Waals surface area (Å²) in [6.45, 7) is 2.23. The van der Waals surface area contributed by atoms with Gasteiger partial charge in [-0.2, -0.15) is 0 Å². The van der Waals surface area contributed by atoms with Gasteiger partial charge in [0.2, 0.25) is 0 Å². The predicted octanol–water partition coefficient (Wildman–Crippen LogP) is 4.59. The molecular formula is C14H12Cl2O2. The average Bonchev–Trinajstić information content (AvgIpc) is 2.32. The van der Waals surface area contributed by atoms with Gasteiger partial charge in [-0.3, -0.25) is 0 Å². The SMILES string of the molecule is Cc1ccc(OCc2ccc(Cl)c(Cl)c2)c(O)c1. The zero-order valence-corrected chi connectivity index (χ0v) is 11.3. The van der Waals surface area contributed by atoms with Crippen molar-refractivity contribution in [3.05, 3.63) is 57.6 Å². The van der Waals surface area contributed by atoms with Crippen molar-refractivity contribution in [3.8, 4) is 11.5 Å². The Labute approximate surface area is 116 Å². The van der Waals surface area contributed by atoms with E-state index in [2.05, 4.69) is 0 Å². The fourth-order valence-corrected chi connectivity index (χ4v) is 1.86. The lowest BCUT2D eigenvalue weighted by Crippen LogP contribution is -1.95. The number of rotatable bonds is 3. The van der Waals surface area contributed by atoms with Crippen LogP contribution in [-0.2, 0) is 6.61 Å². The van der Waals surface area contributed by atoms with Crippen LogP contribution in [0.4, 0.5) is 0 Å². The van der Waals surface area contributed by atoms with Crippen LogP contribution in [0.1, 0.15) is 11.1 Å². The normalized spacial score (nSPS) is 10.4. The fourth-order valence-electron chi connectivity index (χ4n) is 1.54. The number of hydrogen-bond acceptors (Lipinski definition) is 2. The number of aryl methyl sites for hydroxylation is 1. The lowest BCUT2D eigenvalue weighted by atomic mass is 10.2. The van der Waals surface area contributed by atoms with Crippen molar-refractivity contribution >= 4 is 23.2 Å². The largest absolute Gasteiger partial charge is 0.504 e. The molecule has 0 saturated carbocycles. The first-order chi connectivity index (χ1) is 8.56. The highest BCUT2D eigenvalue weighted by Crippen LogP contribution is 2.28. The van der Waals surface area contributed by atoms with Crippen molar-refractivity contribution in [1.82, 2.24) is 0 Å². The van der Waals surface area contributed by atoms with Crippen LogP contribution in [-0.4, -0.2) is 5.11 Å². The Hall–Kier alpha value is -1.38. The second-order valence-corrected chi connectivity index (χ2v) is 4.82. The summed E-state index contributed by atoms with van der Waals surface area (Å²) < 4.78 is 5.52. The summed E-state index contributed by atoms with van der Waals surface area (Å²) >= 11 is 11.7. The molecule has 2 rings (SSSR count). The molecule has 0 saturated heterocycles. The number of halogens is 2. The van der Waals surface area contributed by atoms with Crippen molar-refractivity contribution in [2.45, 2.75) is 13.5 Å². The van der Waals surface area contributed by atoms with E-state index in [0.29, 0.717) is 22.4 Å². The highest BCUT2D eigenvalue weighted by Gasteiger charge is 2.04. The second kappa shape index (κ2) is 5.51. The van der Waals surface area contributed by atoms with Gasteiger partial charge in [-0.05, 0) is 42.3 Å². The zero-order chi connectivity index (χ0) is 13.1. The van der Waals surface area contributed by atoms with Crippen LogP contribution in [0.2, 0.25) is 10.0 Å². The number of phenols is 1. The quantitative estimate of drug-likeness (QED) is 0.893. The molecule has 2 nitrogen and oxygen atoms in total. The van der Waals surface area contributed by atoms with Gasteiger partial charge in [0.25, 0.3) is 0 Å². The van der Waals surface area contributed by atoms with Gasteiger partial charge in [-0.15, -0.1) is 0 Å². The smallest absolute Gasteiger partial charge is 0.161 e. The first-order valence-corrected chi connectivity index (χ1v) is 6.18. The lowest BCUT2D eigenvalue weighted by molar-refractivity contribution is 0.289. The van der Waals surface area contributed by atoms with Crippen LogP contribution >= 0.6 is 23.2 Å². The van der Waals surface area contributed by atoms with E-state index in [9.17, 15) is 5.11 Å². The first kappa shape index (κ1) is 13.1. The Morgan fingerprint density at radius 3 is 2.50 bits per heavy atom. The minimum Gasteiger partial charge on any atom is -0.504 e. The van der Waals surface area contributed by atoms with E-state index in [1.165, 1.54) is 0 Å². The maximum absolute atomic E-state index is 9.70. The molecule has 0 heterocycles.